The van der Waals surface area contributed by atoms with Gasteiger partial charge in [-0.15, -0.1) is 0 Å². The normalized spacial score (nSPS) is 18.8. The van der Waals surface area contributed by atoms with Crippen LogP contribution in [-0.2, 0) is 14.3 Å². The van der Waals surface area contributed by atoms with E-state index in [1.54, 1.807) is 13.0 Å². The number of carbonyl (C=O) groups is 1. The number of carbonyl (C=O) groups excluding carboxylic acids is 1. The standard InChI is InChI=1S/C11H19NO3/c1-3-15-10(13)5-4-6-12-7-11(2)8-14-9-11/h4-5,12H,3,6-9H2,1-2H3/b5-4+. The second-order valence-electron chi connectivity index (χ2n) is 4.09. The highest BCUT2D eigenvalue weighted by atomic mass is 16.5. The van der Waals surface area contributed by atoms with E-state index in [2.05, 4.69) is 12.2 Å². The second kappa shape index (κ2) is 5.88. The Labute approximate surface area is 90.6 Å². The lowest BCUT2D eigenvalue weighted by Crippen LogP contribution is -2.47. The lowest BCUT2D eigenvalue weighted by Gasteiger charge is -2.38. The largest absolute Gasteiger partial charge is 0.463 e. The van der Waals surface area contributed by atoms with Crippen molar-refractivity contribution in [2.45, 2.75) is 13.8 Å². The van der Waals surface area contributed by atoms with E-state index >= 15 is 0 Å². The zero-order valence-corrected chi connectivity index (χ0v) is 9.41. The van der Waals surface area contributed by atoms with E-state index in [4.69, 9.17) is 9.47 Å². The van der Waals surface area contributed by atoms with Gasteiger partial charge in [-0.1, -0.05) is 13.0 Å². The fraction of sp³-hybridized carbons (Fsp3) is 0.727. The van der Waals surface area contributed by atoms with Gasteiger partial charge in [0, 0.05) is 24.6 Å². The molecule has 0 aromatic carbocycles. The third kappa shape index (κ3) is 4.44. The summed E-state index contributed by atoms with van der Waals surface area (Å²) in [4.78, 5) is 10.9. The molecule has 0 atom stereocenters. The first kappa shape index (κ1) is 12.2. The van der Waals surface area contributed by atoms with Gasteiger partial charge in [-0.2, -0.15) is 0 Å². The zero-order chi connectivity index (χ0) is 11.1. The lowest BCUT2D eigenvalue weighted by atomic mass is 9.89. The minimum Gasteiger partial charge on any atom is -0.463 e. The number of hydrogen-bond donors (Lipinski definition) is 1. The Bertz CT molecular complexity index is 234. The van der Waals surface area contributed by atoms with E-state index in [1.165, 1.54) is 6.08 Å². The highest BCUT2D eigenvalue weighted by Gasteiger charge is 2.32. The minimum absolute atomic E-state index is 0.276. The third-order valence-electron chi connectivity index (χ3n) is 2.26. The van der Waals surface area contributed by atoms with E-state index in [0.717, 1.165) is 19.8 Å². The number of nitrogens with one attached hydrogen (secondary N) is 1. The molecule has 1 saturated heterocycles. The molecule has 4 nitrogen and oxygen atoms in total. The first-order chi connectivity index (χ1) is 7.16. The van der Waals surface area contributed by atoms with Gasteiger partial charge in [0.15, 0.2) is 0 Å². The predicted octanol–water partition coefficient (Wildman–Crippen LogP) is 0.732. The van der Waals surface area contributed by atoms with Gasteiger partial charge in [-0.3, -0.25) is 0 Å². The molecule has 1 aliphatic heterocycles. The van der Waals surface area contributed by atoms with Crippen molar-refractivity contribution in [3.8, 4) is 0 Å². The fourth-order valence-electron chi connectivity index (χ4n) is 1.36. The molecular formula is C11H19NO3. The van der Waals surface area contributed by atoms with Crippen LogP contribution in [0.2, 0.25) is 0 Å². The summed E-state index contributed by atoms with van der Waals surface area (Å²) in [5.74, 6) is -0.280. The average Bonchev–Trinajstić information content (AvgIpc) is 2.15. The summed E-state index contributed by atoms with van der Waals surface area (Å²) in [5.41, 5.74) is 0.276. The van der Waals surface area contributed by atoms with Crippen molar-refractivity contribution in [2.75, 3.05) is 32.9 Å². The summed E-state index contributed by atoms with van der Waals surface area (Å²) in [5, 5.41) is 3.25. The summed E-state index contributed by atoms with van der Waals surface area (Å²) in [6.07, 6.45) is 3.23. The molecule has 0 bridgehead atoms. The molecule has 0 aromatic heterocycles. The van der Waals surface area contributed by atoms with Gasteiger partial charge >= 0.3 is 5.97 Å². The van der Waals surface area contributed by atoms with E-state index in [1.807, 2.05) is 0 Å². The van der Waals surface area contributed by atoms with Gasteiger partial charge in [0.2, 0.25) is 0 Å². The fourth-order valence-corrected chi connectivity index (χ4v) is 1.36. The molecule has 0 amide bonds. The van der Waals surface area contributed by atoms with Crippen LogP contribution >= 0.6 is 0 Å². The first-order valence-electron chi connectivity index (χ1n) is 5.28. The molecular weight excluding hydrogens is 194 g/mol. The number of ether oxygens (including phenoxy) is 2. The van der Waals surface area contributed by atoms with E-state index in [-0.39, 0.29) is 11.4 Å². The Balaban J connectivity index is 2.03. The van der Waals surface area contributed by atoms with Crippen LogP contribution in [0.3, 0.4) is 0 Å². The van der Waals surface area contributed by atoms with Crippen LogP contribution in [-0.4, -0.2) is 38.9 Å². The molecule has 1 rings (SSSR count). The highest BCUT2D eigenvalue weighted by Crippen LogP contribution is 2.24. The maximum Gasteiger partial charge on any atom is 0.330 e. The van der Waals surface area contributed by atoms with E-state index < -0.39 is 0 Å². The van der Waals surface area contributed by atoms with Crippen LogP contribution in [0.25, 0.3) is 0 Å². The molecule has 4 heteroatoms. The maximum atomic E-state index is 10.9. The van der Waals surface area contributed by atoms with Gasteiger partial charge in [0.25, 0.3) is 0 Å². The maximum absolute atomic E-state index is 10.9. The van der Waals surface area contributed by atoms with Gasteiger partial charge in [0.05, 0.1) is 19.8 Å². The summed E-state index contributed by atoms with van der Waals surface area (Å²) in [6.45, 7) is 7.64. The molecule has 1 N–H and O–H groups in total. The molecule has 1 fully saturated rings. The second-order valence-corrected chi connectivity index (χ2v) is 4.09. The molecule has 0 radical (unpaired) electrons. The number of esters is 1. The van der Waals surface area contributed by atoms with Crippen LogP contribution < -0.4 is 5.32 Å². The summed E-state index contributed by atoms with van der Waals surface area (Å²) in [7, 11) is 0. The number of hydrogen-bond acceptors (Lipinski definition) is 4. The molecule has 86 valence electrons. The Morgan fingerprint density at radius 1 is 1.60 bits per heavy atom. The summed E-state index contributed by atoms with van der Waals surface area (Å²) in [6, 6.07) is 0. The van der Waals surface area contributed by atoms with Crippen molar-refractivity contribution in [3.63, 3.8) is 0 Å². The van der Waals surface area contributed by atoms with Gasteiger partial charge in [0.1, 0.15) is 0 Å². The monoisotopic (exact) mass is 213 g/mol. The molecule has 15 heavy (non-hydrogen) atoms. The molecule has 0 aliphatic carbocycles. The Hall–Kier alpha value is -0.870. The van der Waals surface area contributed by atoms with Crippen LogP contribution in [0, 0.1) is 5.41 Å². The SMILES string of the molecule is CCOC(=O)/C=C/CNCC1(C)COC1. The molecule has 0 aromatic rings. The van der Waals surface area contributed by atoms with Crippen LogP contribution in [0.1, 0.15) is 13.8 Å². The third-order valence-corrected chi connectivity index (χ3v) is 2.26. The van der Waals surface area contributed by atoms with Crippen molar-refractivity contribution < 1.29 is 14.3 Å². The Kier molecular flexibility index (Phi) is 4.78. The smallest absolute Gasteiger partial charge is 0.330 e. The minimum atomic E-state index is -0.280. The lowest BCUT2D eigenvalue weighted by molar-refractivity contribution is -0.137. The van der Waals surface area contributed by atoms with Crippen molar-refractivity contribution in [3.05, 3.63) is 12.2 Å². The van der Waals surface area contributed by atoms with Crippen molar-refractivity contribution in [1.29, 1.82) is 0 Å². The van der Waals surface area contributed by atoms with Gasteiger partial charge < -0.3 is 14.8 Å². The van der Waals surface area contributed by atoms with Crippen LogP contribution in [0.15, 0.2) is 12.2 Å². The predicted molar refractivity (Wildman–Crippen MR) is 57.6 cm³/mol. The Morgan fingerprint density at radius 2 is 2.33 bits per heavy atom. The van der Waals surface area contributed by atoms with Crippen molar-refractivity contribution >= 4 is 5.97 Å². The number of rotatable bonds is 6. The van der Waals surface area contributed by atoms with E-state index in [9.17, 15) is 4.79 Å². The average molecular weight is 213 g/mol. The topological polar surface area (TPSA) is 47.6 Å². The molecule has 1 heterocycles. The molecule has 0 unspecified atom stereocenters. The summed E-state index contributed by atoms with van der Waals surface area (Å²) >= 11 is 0. The van der Waals surface area contributed by atoms with Gasteiger partial charge in [-0.25, -0.2) is 4.79 Å². The van der Waals surface area contributed by atoms with Gasteiger partial charge in [-0.05, 0) is 6.92 Å². The van der Waals surface area contributed by atoms with Crippen molar-refractivity contribution in [2.24, 2.45) is 5.41 Å². The molecule has 1 aliphatic rings. The van der Waals surface area contributed by atoms with E-state index in [0.29, 0.717) is 13.2 Å². The van der Waals surface area contributed by atoms with Crippen LogP contribution in [0.4, 0.5) is 0 Å². The summed E-state index contributed by atoms with van der Waals surface area (Å²) < 4.78 is 9.88. The Morgan fingerprint density at radius 3 is 2.87 bits per heavy atom. The van der Waals surface area contributed by atoms with Crippen molar-refractivity contribution in [1.82, 2.24) is 5.32 Å². The zero-order valence-electron chi connectivity index (χ0n) is 9.41. The first-order valence-corrected chi connectivity index (χ1v) is 5.28. The molecule has 0 saturated carbocycles. The highest BCUT2D eigenvalue weighted by molar-refractivity contribution is 5.81. The van der Waals surface area contributed by atoms with Crippen LogP contribution in [0.5, 0.6) is 0 Å². The quantitative estimate of drug-likeness (QED) is 0.401. The molecule has 0 spiro atoms.